The van der Waals surface area contributed by atoms with E-state index in [2.05, 4.69) is 5.32 Å². The van der Waals surface area contributed by atoms with E-state index in [1.165, 1.54) is 6.07 Å². The zero-order chi connectivity index (χ0) is 29.3. The number of benzene rings is 1. The van der Waals surface area contributed by atoms with E-state index in [9.17, 15) is 28.0 Å². The summed E-state index contributed by atoms with van der Waals surface area (Å²) in [6.45, 7) is 10.2. The van der Waals surface area contributed by atoms with Crippen molar-refractivity contribution in [2.45, 2.75) is 59.1 Å². The van der Waals surface area contributed by atoms with Crippen molar-refractivity contribution in [1.29, 1.82) is 0 Å². The van der Waals surface area contributed by atoms with Crippen LogP contribution in [0.3, 0.4) is 0 Å². The first-order chi connectivity index (χ1) is 18.0. The Morgan fingerprint density at radius 1 is 1.05 bits per heavy atom. The number of ether oxygens (including phenoxy) is 1. The molecule has 2 atom stereocenters. The number of halogens is 2. The molecule has 2 unspecified atom stereocenters. The smallest absolute Gasteiger partial charge is 0.331 e. The lowest BCUT2D eigenvalue weighted by Gasteiger charge is -2.30. The van der Waals surface area contributed by atoms with Gasteiger partial charge in [0.05, 0.1) is 11.1 Å². The Kier molecular flexibility index (Phi) is 8.28. The maximum atomic E-state index is 14.2. The number of carbonyl (C=O) groups is 3. The summed E-state index contributed by atoms with van der Waals surface area (Å²) in [5, 5.41) is 2.72. The molecule has 0 radical (unpaired) electrons. The largest absolute Gasteiger partial charge is 0.458 e. The van der Waals surface area contributed by atoms with Gasteiger partial charge in [-0.05, 0) is 70.7 Å². The van der Waals surface area contributed by atoms with Crippen LogP contribution in [-0.4, -0.2) is 33.4 Å². The fourth-order valence-corrected chi connectivity index (χ4v) is 4.15. The summed E-state index contributed by atoms with van der Waals surface area (Å²) in [4.78, 5) is 50.9. The Morgan fingerprint density at radius 2 is 1.69 bits per heavy atom. The van der Waals surface area contributed by atoms with Gasteiger partial charge in [-0.15, -0.1) is 0 Å². The molecule has 2 aromatic rings. The van der Waals surface area contributed by atoms with E-state index in [4.69, 9.17) is 10.5 Å². The quantitative estimate of drug-likeness (QED) is 0.400. The normalized spacial score (nSPS) is 17.4. The predicted molar refractivity (Wildman–Crippen MR) is 144 cm³/mol. The van der Waals surface area contributed by atoms with Crippen molar-refractivity contribution in [2.24, 2.45) is 11.8 Å². The van der Waals surface area contributed by atoms with Gasteiger partial charge >= 0.3 is 5.97 Å². The van der Waals surface area contributed by atoms with Crippen LogP contribution >= 0.6 is 0 Å². The number of hydrogen-bond acceptors (Lipinski definition) is 6. The van der Waals surface area contributed by atoms with Crippen LogP contribution in [0.1, 0.15) is 63.9 Å². The molecule has 8 nitrogen and oxygen atoms in total. The lowest BCUT2D eigenvalue weighted by Crippen LogP contribution is -2.52. The third-order valence-electron chi connectivity index (χ3n) is 6.21. The number of nitrogens with two attached hydrogens (primary N) is 1. The van der Waals surface area contributed by atoms with Gasteiger partial charge in [0.1, 0.15) is 28.6 Å². The molecule has 1 amide bonds. The maximum absolute atomic E-state index is 14.2. The Bertz CT molecular complexity index is 1430. The average Bonchev–Trinajstić information content (AvgIpc) is 2.79. The fraction of sp³-hybridized carbons (Fsp3) is 0.379. The number of amides is 1. The molecule has 1 heterocycles. The second-order valence-electron chi connectivity index (χ2n) is 11.1. The Morgan fingerprint density at radius 3 is 2.28 bits per heavy atom. The van der Waals surface area contributed by atoms with E-state index < -0.39 is 40.1 Å². The summed E-state index contributed by atoms with van der Waals surface area (Å²) >= 11 is 0. The van der Waals surface area contributed by atoms with Crippen LogP contribution in [0.5, 0.6) is 0 Å². The monoisotopic (exact) mass is 541 g/mol. The SMILES string of the molecule is CC1C=C(n2c(N)c(C(=O)c3ccc(F)cc3F)ccc2=O)C=CC1CC(=O)NC(C)(C)C(=O)OC(C)(C)C. The molecule has 0 bridgehead atoms. The third-order valence-corrected chi connectivity index (χ3v) is 6.21. The number of anilines is 1. The number of nitrogens with one attached hydrogen (secondary N) is 1. The molecular formula is C29H33F2N3O5. The Labute approximate surface area is 225 Å². The molecule has 1 aliphatic carbocycles. The molecular weight excluding hydrogens is 508 g/mol. The Hall–Kier alpha value is -4.08. The highest BCUT2D eigenvalue weighted by Crippen LogP contribution is 2.29. The standard InChI is InChI=1S/C29H33F2N3O5/c1-16-13-19(9-7-17(16)14-23(35)33-29(5,6)27(38)39-28(2,3)4)34-24(36)12-11-21(26(34)32)25(37)20-10-8-18(30)15-22(20)31/h7-13,15-17H,14,32H2,1-6H3,(H,33,35). The summed E-state index contributed by atoms with van der Waals surface area (Å²) in [5.74, 6) is -4.25. The molecule has 0 aliphatic heterocycles. The van der Waals surface area contributed by atoms with Gasteiger partial charge in [0.25, 0.3) is 5.56 Å². The summed E-state index contributed by atoms with van der Waals surface area (Å²) in [6.07, 6.45) is 5.17. The van der Waals surface area contributed by atoms with Gasteiger partial charge < -0.3 is 15.8 Å². The Balaban J connectivity index is 1.79. The lowest BCUT2D eigenvalue weighted by atomic mass is 9.85. The number of hydrogen-bond donors (Lipinski definition) is 2. The summed E-state index contributed by atoms with van der Waals surface area (Å²) in [7, 11) is 0. The van der Waals surface area contributed by atoms with Crippen molar-refractivity contribution < 1.29 is 27.9 Å². The van der Waals surface area contributed by atoms with Gasteiger partial charge in [0.15, 0.2) is 5.78 Å². The maximum Gasteiger partial charge on any atom is 0.331 e. The molecule has 0 saturated heterocycles. The van der Waals surface area contributed by atoms with Crippen LogP contribution in [0.4, 0.5) is 14.6 Å². The minimum Gasteiger partial charge on any atom is -0.458 e. The van der Waals surface area contributed by atoms with E-state index in [0.29, 0.717) is 11.8 Å². The van der Waals surface area contributed by atoms with Crippen molar-refractivity contribution in [3.63, 3.8) is 0 Å². The molecule has 39 heavy (non-hydrogen) atoms. The number of ketones is 1. The third kappa shape index (κ3) is 6.87. The van der Waals surface area contributed by atoms with Gasteiger partial charge in [-0.2, -0.15) is 0 Å². The summed E-state index contributed by atoms with van der Waals surface area (Å²) < 4.78 is 34.0. The molecule has 3 rings (SSSR count). The van der Waals surface area contributed by atoms with Crippen LogP contribution < -0.4 is 16.6 Å². The second-order valence-corrected chi connectivity index (χ2v) is 11.1. The minimum absolute atomic E-state index is 0.0699. The molecule has 1 aromatic carbocycles. The van der Waals surface area contributed by atoms with Crippen molar-refractivity contribution in [2.75, 3.05) is 5.73 Å². The van der Waals surface area contributed by atoms with Crippen molar-refractivity contribution in [1.82, 2.24) is 9.88 Å². The first kappa shape index (κ1) is 29.5. The second kappa shape index (κ2) is 11.0. The van der Waals surface area contributed by atoms with Gasteiger partial charge in [0.2, 0.25) is 5.91 Å². The minimum atomic E-state index is -1.23. The topological polar surface area (TPSA) is 120 Å². The molecule has 0 fully saturated rings. The molecule has 10 heteroatoms. The highest BCUT2D eigenvalue weighted by atomic mass is 19.1. The first-order valence-corrected chi connectivity index (χ1v) is 12.5. The summed E-state index contributed by atoms with van der Waals surface area (Å²) in [5.41, 5.74) is 3.64. The van der Waals surface area contributed by atoms with Gasteiger partial charge in [-0.3, -0.25) is 19.0 Å². The number of nitrogen functional groups attached to an aromatic ring is 1. The van der Waals surface area contributed by atoms with Crippen LogP contribution in [0.15, 0.2) is 53.4 Å². The van der Waals surface area contributed by atoms with Gasteiger partial charge in [-0.25, -0.2) is 13.6 Å². The van der Waals surface area contributed by atoms with E-state index in [1.807, 2.05) is 6.92 Å². The highest BCUT2D eigenvalue weighted by molar-refractivity contribution is 6.12. The molecule has 208 valence electrons. The molecule has 0 spiro atoms. The molecule has 3 N–H and O–H groups in total. The number of allylic oxidation sites excluding steroid dienone is 4. The van der Waals surface area contributed by atoms with Crippen LogP contribution in [0, 0.1) is 23.5 Å². The van der Waals surface area contributed by atoms with E-state index in [-0.39, 0.29) is 41.1 Å². The van der Waals surface area contributed by atoms with Crippen LogP contribution in [-0.2, 0) is 14.3 Å². The number of nitrogens with zero attached hydrogens (tertiary/aromatic N) is 1. The molecule has 0 saturated carbocycles. The number of aromatic nitrogens is 1. The van der Waals surface area contributed by atoms with E-state index in [0.717, 1.165) is 22.8 Å². The number of rotatable bonds is 7. The van der Waals surface area contributed by atoms with Crippen LogP contribution in [0.2, 0.25) is 0 Å². The van der Waals surface area contributed by atoms with Gasteiger partial charge in [0, 0.05) is 24.3 Å². The zero-order valence-corrected chi connectivity index (χ0v) is 22.8. The molecule has 1 aliphatic rings. The van der Waals surface area contributed by atoms with Gasteiger partial charge in [-0.1, -0.05) is 19.1 Å². The average molecular weight is 542 g/mol. The van der Waals surface area contributed by atoms with Crippen LogP contribution in [0.25, 0.3) is 5.70 Å². The summed E-state index contributed by atoms with van der Waals surface area (Å²) in [6, 6.07) is 4.92. The first-order valence-electron chi connectivity index (χ1n) is 12.5. The lowest BCUT2D eigenvalue weighted by molar-refractivity contribution is -0.163. The highest BCUT2D eigenvalue weighted by Gasteiger charge is 2.35. The number of carbonyl (C=O) groups excluding carboxylic acids is 3. The van der Waals surface area contributed by atoms with E-state index in [1.54, 1.807) is 52.8 Å². The van der Waals surface area contributed by atoms with Crippen molar-refractivity contribution in [3.8, 4) is 0 Å². The van der Waals surface area contributed by atoms with Crippen molar-refractivity contribution >= 4 is 29.2 Å². The predicted octanol–water partition coefficient (Wildman–Crippen LogP) is 4.23. The fourth-order valence-electron chi connectivity index (χ4n) is 4.15. The number of esters is 1. The van der Waals surface area contributed by atoms with Crippen molar-refractivity contribution in [3.05, 3.63) is 81.7 Å². The van der Waals surface area contributed by atoms with E-state index >= 15 is 0 Å². The number of pyridine rings is 1. The molecule has 1 aromatic heterocycles. The zero-order valence-electron chi connectivity index (χ0n) is 22.8.